The lowest BCUT2D eigenvalue weighted by Crippen LogP contribution is -2.10. The van der Waals surface area contributed by atoms with E-state index in [4.69, 9.17) is 0 Å². The highest BCUT2D eigenvalue weighted by atomic mass is 16.1. The van der Waals surface area contributed by atoms with Gasteiger partial charge in [-0.15, -0.1) is 0 Å². The van der Waals surface area contributed by atoms with Crippen LogP contribution in [0.15, 0.2) is 41.7 Å². The zero-order valence-electron chi connectivity index (χ0n) is 13.9. The van der Waals surface area contributed by atoms with Crippen molar-refractivity contribution in [3.8, 4) is 0 Å². The first kappa shape index (κ1) is 15.2. The summed E-state index contributed by atoms with van der Waals surface area (Å²) in [5, 5.41) is 0. The third kappa shape index (κ3) is 3.14. The van der Waals surface area contributed by atoms with Gasteiger partial charge in [0.15, 0.2) is 0 Å². The molecule has 1 fully saturated rings. The summed E-state index contributed by atoms with van der Waals surface area (Å²) < 4.78 is 0. The predicted molar refractivity (Wildman–Crippen MR) is 93.2 cm³/mol. The third-order valence-electron chi connectivity index (χ3n) is 4.81. The van der Waals surface area contributed by atoms with Gasteiger partial charge in [0.25, 0.3) is 0 Å². The number of nitrogens with zero attached hydrogens (tertiary/aromatic N) is 3. The van der Waals surface area contributed by atoms with Crippen LogP contribution in [0.2, 0.25) is 0 Å². The molecule has 1 atom stereocenters. The Morgan fingerprint density at radius 2 is 2.17 bits per heavy atom. The summed E-state index contributed by atoms with van der Waals surface area (Å²) in [5.74, 6) is 1.000. The van der Waals surface area contributed by atoms with Crippen molar-refractivity contribution in [1.29, 1.82) is 0 Å². The quantitative estimate of drug-likeness (QED) is 0.819. The van der Waals surface area contributed by atoms with Crippen molar-refractivity contribution >= 4 is 11.5 Å². The van der Waals surface area contributed by atoms with Gasteiger partial charge in [0, 0.05) is 59.7 Å². The van der Waals surface area contributed by atoms with Crippen LogP contribution in [0.4, 0.5) is 0 Å². The fraction of sp³-hybridized carbons (Fsp3) is 0.400. The molecule has 0 N–H and O–H groups in total. The van der Waals surface area contributed by atoms with Gasteiger partial charge in [-0.2, -0.15) is 0 Å². The Kier molecular flexibility index (Phi) is 3.97. The first-order valence-electron chi connectivity index (χ1n) is 8.66. The molecular weight excluding hydrogens is 298 g/mol. The number of carbonyl (C=O) groups excluding carboxylic acids is 1. The first-order chi connectivity index (χ1) is 11.7. The molecular formula is C20H21N3O. The number of ketones is 1. The highest BCUT2D eigenvalue weighted by molar-refractivity contribution is 6.06. The zero-order valence-corrected chi connectivity index (χ0v) is 13.9. The van der Waals surface area contributed by atoms with Crippen LogP contribution in [0.1, 0.15) is 54.6 Å². The molecule has 0 radical (unpaired) electrons. The predicted octanol–water partition coefficient (Wildman–Crippen LogP) is 3.49. The number of rotatable bonds is 6. The van der Waals surface area contributed by atoms with E-state index in [-0.39, 0.29) is 11.7 Å². The monoisotopic (exact) mass is 319 g/mol. The number of Topliss-reactive ketones (excluding diaryl/α,β-unsaturated/α-hetero) is 1. The van der Waals surface area contributed by atoms with Gasteiger partial charge in [-0.3, -0.25) is 19.8 Å². The standard InChI is InChI=1S/C20H21N3O/c1-13(19-4-2-3-7-21-19)8-17(24)10-16-9-15-11-23-20(14-5-6-14)18(15)12-22-16/h2-4,7,9,12-14H,5-6,8,10-11H2,1H3/t13-/m0/s1. The topological polar surface area (TPSA) is 55.2 Å². The van der Waals surface area contributed by atoms with Gasteiger partial charge >= 0.3 is 0 Å². The van der Waals surface area contributed by atoms with Gasteiger partial charge in [-0.1, -0.05) is 13.0 Å². The molecule has 1 saturated carbocycles. The maximum absolute atomic E-state index is 12.4. The third-order valence-corrected chi connectivity index (χ3v) is 4.81. The van der Waals surface area contributed by atoms with E-state index in [1.165, 1.54) is 29.7 Å². The molecule has 3 heterocycles. The van der Waals surface area contributed by atoms with Crippen molar-refractivity contribution in [3.05, 3.63) is 59.2 Å². The second-order valence-electron chi connectivity index (χ2n) is 6.88. The van der Waals surface area contributed by atoms with Crippen LogP contribution in [0.3, 0.4) is 0 Å². The first-order valence-corrected chi connectivity index (χ1v) is 8.66. The minimum atomic E-state index is 0.137. The summed E-state index contributed by atoms with van der Waals surface area (Å²) >= 11 is 0. The van der Waals surface area contributed by atoms with Crippen molar-refractivity contribution in [2.24, 2.45) is 10.9 Å². The van der Waals surface area contributed by atoms with Crippen molar-refractivity contribution in [2.75, 3.05) is 0 Å². The van der Waals surface area contributed by atoms with E-state index >= 15 is 0 Å². The smallest absolute Gasteiger partial charge is 0.139 e. The average molecular weight is 319 g/mol. The molecule has 2 aromatic heterocycles. The number of pyridine rings is 2. The SMILES string of the molecule is C[C@@H](CC(=O)Cc1cc2c(cn1)C(C1CC1)=NC2)c1ccccn1. The van der Waals surface area contributed by atoms with Crippen molar-refractivity contribution in [1.82, 2.24) is 9.97 Å². The number of aromatic nitrogens is 2. The van der Waals surface area contributed by atoms with E-state index in [0.29, 0.717) is 18.8 Å². The number of hydrogen-bond donors (Lipinski definition) is 0. The van der Waals surface area contributed by atoms with Crippen LogP contribution in [-0.4, -0.2) is 21.5 Å². The molecule has 0 aromatic carbocycles. The second-order valence-corrected chi connectivity index (χ2v) is 6.88. The number of hydrogen-bond acceptors (Lipinski definition) is 4. The summed E-state index contributed by atoms with van der Waals surface area (Å²) in [7, 11) is 0. The van der Waals surface area contributed by atoms with Crippen LogP contribution < -0.4 is 0 Å². The van der Waals surface area contributed by atoms with Gasteiger partial charge in [-0.05, 0) is 36.6 Å². The normalized spacial score (nSPS) is 17.3. The van der Waals surface area contributed by atoms with E-state index in [2.05, 4.69) is 21.0 Å². The Labute approximate surface area is 142 Å². The van der Waals surface area contributed by atoms with Gasteiger partial charge in [0.2, 0.25) is 0 Å². The average Bonchev–Trinajstić information content (AvgIpc) is 3.35. The molecule has 2 aliphatic rings. The summed E-state index contributed by atoms with van der Waals surface area (Å²) in [6, 6.07) is 7.90. The van der Waals surface area contributed by atoms with E-state index < -0.39 is 0 Å². The maximum Gasteiger partial charge on any atom is 0.139 e. The van der Waals surface area contributed by atoms with Crippen molar-refractivity contribution in [2.45, 2.75) is 45.1 Å². The van der Waals surface area contributed by atoms with Gasteiger partial charge in [-0.25, -0.2) is 0 Å². The summed E-state index contributed by atoms with van der Waals surface area (Å²) in [6.07, 6.45) is 7.09. The maximum atomic E-state index is 12.4. The van der Waals surface area contributed by atoms with Crippen LogP contribution >= 0.6 is 0 Å². The Balaban J connectivity index is 1.40. The van der Waals surface area contributed by atoms with Crippen LogP contribution in [0.25, 0.3) is 0 Å². The Morgan fingerprint density at radius 3 is 2.92 bits per heavy atom. The Hall–Kier alpha value is -2.36. The van der Waals surface area contributed by atoms with E-state index in [9.17, 15) is 4.79 Å². The lowest BCUT2D eigenvalue weighted by atomic mass is 9.97. The molecule has 0 bridgehead atoms. The number of aliphatic imine (C=N–C) groups is 1. The Bertz CT molecular complexity index is 794. The van der Waals surface area contributed by atoms with Gasteiger partial charge < -0.3 is 0 Å². The molecule has 0 spiro atoms. The molecule has 0 unspecified atom stereocenters. The van der Waals surface area contributed by atoms with Crippen molar-refractivity contribution < 1.29 is 4.79 Å². The highest BCUT2D eigenvalue weighted by Gasteiger charge is 2.32. The summed E-state index contributed by atoms with van der Waals surface area (Å²) in [5.41, 5.74) is 5.50. The van der Waals surface area contributed by atoms with Crippen LogP contribution in [-0.2, 0) is 17.8 Å². The highest BCUT2D eigenvalue weighted by Crippen LogP contribution is 2.37. The minimum Gasteiger partial charge on any atom is -0.299 e. The van der Waals surface area contributed by atoms with E-state index in [1.807, 2.05) is 31.3 Å². The lowest BCUT2D eigenvalue weighted by molar-refractivity contribution is -0.118. The molecule has 2 aromatic rings. The molecule has 4 rings (SSSR count). The van der Waals surface area contributed by atoms with Gasteiger partial charge in [0.1, 0.15) is 5.78 Å². The molecule has 0 saturated heterocycles. The largest absolute Gasteiger partial charge is 0.299 e. The van der Waals surface area contributed by atoms with Gasteiger partial charge in [0.05, 0.1) is 6.54 Å². The lowest BCUT2D eigenvalue weighted by Gasteiger charge is -2.10. The van der Waals surface area contributed by atoms with Crippen LogP contribution in [0, 0.1) is 5.92 Å². The zero-order chi connectivity index (χ0) is 16.5. The molecule has 0 amide bonds. The van der Waals surface area contributed by atoms with Crippen molar-refractivity contribution in [3.63, 3.8) is 0 Å². The molecule has 122 valence electrons. The molecule has 24 heavy (non-hydrogen) atoms. The fourth-order valence-corrected chi connectivity index (χ4v) is 3.35. The fourth-order valence-electron chi connectivity index (χ4n) is 3.35. The van der Waals surface area contributed by atoms with E-state index in [0.717, 1.165) is 17.9 Å². The molecule has 4 nitrogen and oxygen atoms in total. The summed E-state index contributed by atoms with van der Waals surface area (Å²) in [4.78, 5) is 25.9. The Morgan fingerprint density at radius 1 is 1.29 bits per heavy atom. The van der Waals surface area contributed by atoms with Crippen LogP contribution in [0.5, 0.6) is 0 Å². The molecule has 1 aliphatic heterocycles. The molecule has 1 aliphatic carbocycles. The van der Waals surface area contributed by atoms with E-state index in [1.54, 1.807) is 6.20 Å². The molecule has 4 heteroatoms. The number of fused-ring (bicyclic) bond motifs is 1. The summed E-state index contributed by atoms with van der Waals surface area (Å²) in [6.45, 7) is 2.79. The number of carbonyl (C=O) groups is 1. The minimum absolute atomic E-state index is 0.137. The second kappa shape index (κ2) is 6.27.